The highest BCUT2D eigenvalue weighted by Gasteiger charge is 2.13. The molecule has 2 aromatic carbocycles. The second-order valence-electron chi connectivity index (χ2n) is 4.84. The van der Waals surface area contributed by atoms with Crippen LogP contribution in [0.4, 0.5) is 11.4 Å². The molecule has 0 atom stereocenters. The highest BCUT2D eigenvalue weighted by molar-refractivity contribution is 5.95. The fourth-order valence-electron chi connectivity index (χ4n) is 2.31. The highest BCUT2D eigenvalue weighted by atomic mass is 16.6. The SMILES string of the molecule is COc1cccc(CN(C)c2ccc(N)c3nonc23)c1. The smallest absolute Gasteiger partial charge is 0.160 e. The number of hydrogen-bond donors (Lipinski definition) is 1. The molecule has 6 heteroatoms. The molecule has 0 amide bonds. The molecule has 0 fully saturated rings. The first-order valence-corrected chi connectivity index (χ1v) is 6.54. The average Bonchev–Trinajstić information content (AvgIpc) is 2.98. The largest absolute Gasteiger partial charge is 0.497 e. The Morgan fingerprint density at radius 2 is 2.00 bits per heavy atom. The van der Waals surface area contributed by atoms with E-state index in [0.717, 1.165) is 17.0 Å². The molecule has 0 saturated carbocycles. The first-order valence-electron chi connectivity index (χ1n) is 6.54. The normalized spacial score (nSPS) is 10.8. The van der Waals surface area contributed by atoms with Gasteiger partial charge in [0, 0.05) is 13.6 Å². The molecule has 0 aliphatic heterocycles. The Hall–Kier alpha value is -2.76. The molecule has 3 aromatic rings. The van der Waals surface area contributed by atoms with Crippen molar-refractivity contribution in [2.24, 2.45) is 0 Å². The van der Waals surface area contributed by atoms with E-state index in [4.69, 9.17) is 15.1 Å². The molecule has 21 heavy (non-hydrogen) atoms. The van der Waals surface area contributed by atoms with Gasteiger partial charge in [-0.25, -0.2) is 4.63 Å². The summed E-state index contributed by atoms with van der Waals surface area (Å²) >= 11 is 0. The van der Waals surface area contributed by atoms with Crippen LogP contribution in [-0.2, 0) is 6.54 Å². The summed E-state index contributed by atoms with van der Waals surface area (Å²) in [4.78, 5) is 2.07. The average molecular weight is 284 g/mol. The lowest BCUT2D eigenvalue weighted by molar-refractivity contribution is 0.315. The number of aromatic nitrogens is 2. The van der Waals surface area contributed by atoms with Gasteiger partial charge in [0.2, 0.25) is 0 Å². The second kappa shape index (κ2) is 5.32. The van der Waals surface area contributed by atoms with E-state index >= 15 is 0 Å². The number of rotatable bonds is 4. The molecule has 0 aliphatic carbocycles. The van der Waals surface area contributed by atoms with E-state index in [1.54, 1.807) is 7.11 Å². The van der Waals surface area contributed by atoms with Gasteiger partial charge >= 0.3 is 0 Å². The number of benzene rings is 2. The molecular weight excluding hydrogens is 268 g/mol. The van der Waals surface area contributed by atoms with Crippen molar-refractivity contribution >= 4 is 22.4 Å². The summed E-state index contributed by atoms with van der Waals surface area (Å²) in [5.74, 6) is 0.839. The minimum absolute atomic E-state index is 0.560. The fourth-order valence-corrected chi connectivity index (χ4v) is 2.31. The van der Waals surface area contributed by atoms with Crippen LogP contribution in [0, 0.1) is 0 Å². The molecule has 0 aliphatic rings. The van der Waals surface area contributed by atoms with Crippen molar-refractivity contribution in [3.63, 3.8) is 0 Å². The van der Waals surface area contributed by atoms with E-state index in [-0.39, 0.29) is 0 Å². The van der Waals surface area contributed by atoms with Crippen LogP contribution in [0.2, 0.25) is 0 Å². The van der Waals surface area contributed by atoms with Crippen LogP contribution in [0.3, 0.4) is 0 Å². The summed E-state index contributed by atoms with van der Waals surface area (Å²) < 4.78 is 10.0. The van der Waals surface area contributed by atoms with Crippen molar-refractivity contribution in [1.29, 1.82) is 0 Å². The van der Waals surface area contributed by atoms with E-state index in [0.29, 0.717) is 23.3 Å². The number of nitrogens with two attached hydrogens (primary N) is 1. The topological polar surface area (TPSA) is 77.4 Å². The van der Waals surface area contributed by atoms with Crippen LogP contribution in [0.15, 0.2) is 41.0 Å². The number of fused-ring (bicyclic) bond motifs is 1. The second-order valence-corrected chi connectivity index (χ2v) is 4.84. The molecule has 1 aromatic heterocycles. The fraction of sp³-hybridized carbons (Fsp3) is 0.200. The molecule has 0 bridgehead atoms. The Morgan fingerprint density at radius 1 is 1.19 bits per heavy atom. The molecular formula is C15H16N4O2. The van der Waals surface area contributed by atoms with Gasteiger partial charge in [-0.3, -0.25) is 0 Å². The number of anilines is 2. The van der Waals surface area contributed by atoms with Gasteiger partial charge < -0.3 is 15.4 Å². The Labute approximate surface area is 122 Å². The lowest BCUT2D eigenvalue weighted by atomic mass is 10.1. The zero-order valence-corrected chi connectivity index (χ0v) is 11.9. The van der Waals surface area contributed by atoms with E-state index < -0.39 is 0 Å². The van der Waals surface area contributed by atoms with Gasteiger partial charge in [-0.1, -0.05) is 12.1 Å². The summed E-state index contributed by atoms with van der Waals surface area (Å²) in [5.41, 5.74) is 9.73. The Bertz CT molecular complexity index is 769. The molecule has 1 heterocycles. The van der Waals surface area contributed by atoms with Crippen LogP contribution in [0.5, 0.6) is 5.75 Å². The zero-order valence-electron chi connectivity index (χ0n) is 11.9. The monoisotopic (exact) mass is 284 g/mol. The van der Waals surface area contributed by atoms with Gasteiger partial charge in [0.1, 0.15) is 5.75 Å². The Balaban J connectivity index is 1.91. The third-order valence-corrected chi connectivity index (χ3v) is 3.39. The van der Waals surface area contributed by atoms with Crippen LogP contribution < -0.4 is 15.4 Å². The van der Waals surface area contributed by atoms with Crippen molar-refractivity contribution in [3.8, 4) is 5.75 Å². The van der Waals surface area contributed by atoms with Crippen molar-refractivity contribution in [1.82, 2.24) is 10.3 Å². The first kappa shape index (κ1) is 13.2. The summed E-state index contributed by atoms with van der Waals surface area (Å²) in [5, 5.41) is 7.78. The van der Waals surface area contributed by atoms with Crippen molar-refractivity contribution in [3.05, 3.63) is 42.0 Å². The zero-order chi connectivity index (χ0) is 14.8. The maximum Gasteiger partial charge on any atom is 0.160 e. The molecule has 0 unspecified atom stereocenters. The third kappa shape index (κ3) is 2.47. The quantitative estimate of drug-likeness (QED) is 0.741. The number of nitrogen functional groups attached to an aromatic ring is 1. The van der Waals surface area contributed by atoms with Gasteiger partial charge in [0.15, 0.2) is 11.0 Å². The van der Waals surface area contributed by atoms with Crippen molar-refractivity contribution in [2.75, 3.05) is 24.8 Å². The van der Waals surface area contributed by atoms with Gasteiger partial charge in [0.05, 0.1) is 18.5 Å². The third-order valence-electron chi connectivity index (χ3n) is 3.39. The predicted molar refractivity (Wildman–Crippen MR) is 81.3 cm³/mol. The van der Waals surface area contributed by atoms with Crippen molar-refractivity contribution < 1.29 is 9.37 Å². The van der Waals surface area contributed by atoms with Crippen LogP contribution in [0.25, 0.3) is 11.0 Å². The molecule has 6 nitrogen and oxygen atoms in total. The van der Waals surface area contributed by atoms with E-state index in [1.807, 2.05) is 37.4 Å². The minimum Gasteiger partial charge on any atom is -0.497 e. The van der Waals surface area contributed by atoms with Crippen LogP contribution in [0.1, 0.15) is 5.56 Å². The van der Waals surface area contributed by atoms with Crippen LogP contribution in [-0.4, -0.2) is 24.5 Å². The summed E-state index contributed by atoms with van der Waals surface area (Å²) in [7, 11) is 3.65. The summed E-state index contributed by atoms with van der Waals surface area (Å²) in [6.45, 7) is 0.711. The maximum absolute atomic E-state index is 5.86. The number of methoxy groups -OCH3 is 1. The first-order chi connectivity index (χ1) is 10.2. The minimum atomic E-state index is 0.560. The van der Waals surface area contributed by atoms with Gasteiger partial charge in [-0.2, -0.15) is 0 Å². The van der Waals surface area contributed by atoms with E-state index in [2.05, 4.69) is 21.3 Å². The Morgan fingerprint density at radius 3 is 2.81 bits per heavy atom. The highest BCUT2D eigenvalue weighted by Crippen LogP contribution is 2.28. The molecule has 0 radical (unpaired) electrons. The molecule has 108 valence electrons. The lowest BCUT2D eigenvalue weighted by Crippen LogP contribution is -2.16. The van der Waals surface area contributed by atoms with Gasteiger partial charge in [0.25, 0.3) is 0 Å². The lowest BCUT2D eigenvalue weighted by Gasteiger charge is -2.19. The molecule has 3 rings (SSSR count). The Kier molecular flexibility index (Phi) is 3.35. The maximum atomic E-state index is 5.86. The standard InChI is InChI=1S/C15H16N4O2/c1-19(9-10-4-3-5-11(8-10)20-2)13-7-6-12(16)14-15(13)18-21-17-14/h3-8H,9,16H2,1-2H3. The molecule has 0 spiro atoms. The number of nitrogens with zero attached hydrogens (tertiary/aromatic N) is 3. The number of ether oxygens (including phenoxy) is 1. The van der Waals surface area contributed by atoms with Gasteiger partial charge in [-0.15, -0.1) is 0 Å². The van der Waals surface area contributed by atoms with Crippen LogP contribution >= 0.6 is 0 Å². The van der Waals surface area contributed by atoms with E-state index in [1.165, 1.54) is 0 Å². The van der Waals surface area contributed by atoms with E-state index in [9.17, 15) is 0 Å². The summed E-state index contributed by atoms with van der Waals surface area (Å²) in [6.07, 6.45) is 0. The van der Waals surface area contributed by atoms with Crippen molar-refractivity contribution in [2.45, 2.75) is 6.54 Å². The number of hydrogen-bond acceptors (Lipinski definition) is 6. The van der Waals surface area contributed by atoms with Gasteiger partial charge in [-0.05, 0) is 40.1 Å². The molecule has 2 N–H and O–H groups in total. The predicted octanol–water partition coefficient (Wildman–Crippen LogP) is 2.45. The molecule has 0 saturated heterocycles. The summed E-state index contributed by atoms with van der Waals surface area (Å²) in [6, 6.07) is 11.7.